The second-order valence-corrected chi connectivity index (χ2v) is 9.58. The number of amides is 3. The maximum absolute atomic E-state index is 13.3. The van der Waals surface area contributed by atoms with Gasteiger partial charge in [0.2, 0.25) is 17.7 Å². The van der Waals surface area contributed by atoms with Crippen molar-refractivity contribution in [3.05, 3.63) is 29.8 Å². The number of aliphatic carboxylic acids is 1. The molecule has 5 atom stereocenters. The van der Waals surface area contributed by atoms with Gasteiger partial charge in [-0.25, -0.2) is 4.79 Å². The van der Waals surface area contributed by atoms with E-state index in [0.29, 0.717) is 31.4 Å². The predicted molar refractivity (Wildman–Crippen MR) is 137 cm³/mol. The molecular weight excluding hydrogens is 482 g/mol. The summed E-state index contributed by atoms with van der Waals surface area (Å²) in [5.74, 6) is -3.41. The number of aromatic hydroxyl groups is 1. The van der Waals surface area contributed by atoms with Gasteiger partial charge in [0.25, 0.3) is 0 Å². The minimum atomic E-state index is -1.56. The smallest absolute Gasteiger partial charge is 0.328 e. The third-order valence-electron chi connectivity index (χ3n) is 5.70. The molecule has 0 saturated heterocycles. The molecule has 0 aliphatic heterocycles. The number of carboxylic acid groups (broad SMARTS) is 1. The summed E-state index contributed by atoms with van der Waals surface area (Å²) < 4.78 is 0. The van der Waals surface area contributed by atoms with Crippen LogP contribution in [-0.2, 0) is 25.6 Å². The highest BCUT2D eigenvalue weighted by Gasteiger charge is 2.32. The Morgan fingerprint density at radius 3 is 1.97 bits per heavy atom. The monoisotopic (exact) mass is 523 g/mol. The van der Waals surface area contributed by atoms with Crippen LogP contribution in [0.3, 0.4) is 0 Å². The number of nitrogens with two attached hydrogens (primary N) is 2. The van der Waals surface area contributed by atoms with Crippen LogP contribution in [0.4, 0.5) is 0 Å². The van der Waals surface area contributed by atoms with E-state index in [4.69, 9.17) is 11.5 Å². The Kier molecular flexibility index (Phi) is 13.6. The van der Waals surface area contributed by atoms with Gasteiger partial charge in [0, 0.05) is 6.42 Å². The number of carbonyl (C=O) groups is 4. The Bertz CT molecular complexity index is 892. The van der Waals surface area contributed by atoms with Gasteiger partial charge >= 0.3 is 5.97 Å². The molecule has 1 aromatic carbocycles. The van der Waals surface area contributed by atoms with Crippen LogP contribution < -0.4 is 27.4 Å². The quantitative estimate of drug-likeness (QED) is 0.129. The zero-order valence-electron chi connectivity index (χ0n) is 21.6. The molecule has 3 amide bonds. The largest absolute Gasteiger partial charge is 0.508 e. The maximum atomic E-state index is 13.3. The molecule has 0 aliphatic rings. The molecule has 12 nitrogen and oxygen atoms in total. The molecule has 10 N–H and O–H groups in total. The summed E-state index contributed by atoms with van der Waals surface area (Å²) >= 11 is 0. The number of carboxylic acids is 1. The van der Waals surface area contributed by atoms with Crippen LogP contribution in [0.1, 0.15) is 52.0 Å². The van der Waals surface area contributed by atoms with E-state index < -0.39 is 54.0 Å². The van der Waals surface area contributed by atoms with Gasteiger partial charge in [0.15, 0.2) is 6.04 Å². The fraction of sp³-hybridized carbons (Fsp3) is 0.600. The zero-order chi connectivity index (χ0) is 28.1. The standard InChI is InChI=1S/C25H41N5O7/c1-14(2)12-19(24(35)30-21(15(3)31)25(36)37)29-23(34)20(13-16-7-9-17(32)10-8-16)28-22(33)18(27)6-4-5-11-26/h7-10,14-15,18-21,31-32H,4-6,11-13,26-27H2,1-3H3,(H,28,33)(H,29,34)(H,30,35)(H,36,37). The molecule has 0 radical (unpaired) electrons. The van der Waals surface area contributed by atoms with Crippen LogP contribution in [0.5, 0.6) is 5.75 Å². The molecule has 0 heterocycles. The highest BCUT2D eigenvalue weighted by atomic mass is 16.4. The topological polar surface area (TPSA) is 217 Å². The van der Waals surface area contributed by atoms with Crippen molar-refractivity contribution < 1.29 is 34.5 Å². The number of aliphatic hydroxyl groups excluding tert-OH is 1. The van der Waals surface area contributed by atoms with E-state index >= 15 is 0 Å². The molecule has 0 bridgehead atoms. The molecule has 1 rings (SSSR count). The Morgan fingerprint density at radius 2 is 1.46 bits per heavy atom. The number of hydrogen-bond donors (Lipinski definition) is 8. The number of rotatable bonds is 16. The number of hydrogen-bond acceptors (Lipinski definition) is 8. The Labute approximate surface area is 217 Å². The number of phenolic OH excluding ortho intramolecular Hbond substituents is 1. The number of phenols is 1. The van der Waals surface area contributed by atoms with E-state index in [-0.39, 0.29) is 24.5 Å². The highest BCUT2D eigenvalue weighted by Crippen LogP contribution is 2.13. The lowest BCUT2D eigenvalue weighted by Gasteiger charge is -2.26. The Balaban J connectivity index is 3.10. The molecule has 0 saturated carbocycles. The summed E-state index contributed by atoms with van der Waals surface area (Å²) in [7, 11) is 0. The number of aliphatic hydroxyl groups is 1. The molecule has 0 spiro atoms. The van der Waals surface area contributed by atoms with E-state index in [9.17, 15) is 34.5 Å². The van der Waals surface area contributed by atoms with Gasteiger partial charge in [-0.15, -0.1) is 0 Å². The first-order chi connectivity index (χ1) is 17.3. The van der Waals surface area contributed by atoms with Crippen molar-refractivity contribution in [2.24, 2.45) is 17.4 Å². The van der Waals surface area contributed by atoms with E-state index in [0.717, 1.165) is 0 Å². The van der Waals surface area contributed by atoms with Crippen LogP contribution >= 0.6 is 0 Å². The third kappa shape index (κ3) is 11.6. The molecule has 208 valence electrons. The van der Waals surface area contributed by atoms with Gasteiger partial charge in [-0.2, -0.15) is 0 Å². The van der Waals surface area contributed by atoms with Crippen LogP contribution in [0, 0.1) is 5.92 Å². The summed E-state index contributed by atoms with van der Waals surface area (Å²) in [6.07, 6.45) is 0.597. The molecule has 37 heavy (non-hydrogen) atoms. The lowest BCUT2D eigenvalue weighted by Crippen LogP contribution is -2.58. The normalized spacial score (nSPS) is 15.2. The molecule has 5 unspecified atom stereocenters. The molecule has 12 heteroatoms. The van der Waals surface area contributed by atoms with E-state index in [1.54, 1.807) is 12.1 Å². The second kappa shape index (κ2) is 15.8. The average molecular weight is 524 g/mol. The fourth-order valence-corrected chi connectivity index (χ4v) is 3.61. The van der Waals surface area contributed by atoms with Crippen molar-refractivity contribution in [2.75, 3.05) is 6.54 Å². The maximum Gasteiger partial charge on any atom is 0.328 e. The van der Waals surface area contributed by atoms with Crippen LogP contribution in [-0.4, -0.2) is 75.8 Å². The van der Waals surface area contributed by atoms with Gasteiger partial charge < -0.3 is 42.7 Å². The zero-order valence-corrected chi connectivity index (χ0v) is 21.6. The van der Waals surface area contributed by atoms with Crippen molar-refractivity contribution >= 4 is 23.7 Å². The second-order valence-electron chi connectivity index (χ2n) is 9.58. The van der Waals surface area contributed by atoms with Gasteiger partial charge in [0.05, 0.1) is 12.1 Å². The molecule has 0 aromatic heterocycles. The van der Waals surface area contributed by atoms with E-state index in [1.807, 2.05) is 13.8 Å². The minimum Gasteiger partial charge on any atom is -0.508 e. The third-order valence-corrected chi connectivity index (χ3v) is 5.70. The van der Waals surface area contributed by atoms with Crippen LogP contribution in [0.2, 0.25) is 0 Å². The highest BCUT2D eigenvalue weighted by molar-refractivity contribution is 5.94. The van der Waals surface area contributed by atoms with Gasteiger partial charge in [-0.3, -0.25) is 14.4 Å². The fourth-order valence-electron chi connectivity index (χ4n) is 3.61. The van der Waals surface area contributed by atoms with Crippen molar-refractivity contribution in [3.8, 4) is 5.75 Å². The lowest BCUT2D eigenvalue weighted by atomic mass is 10.00. The molecular formula is C25H41N5O7. The van der Waals surface area contributed by atoms with Gasteiger partial charge in [-0.05, 0) is 56.3 Å². The number of unbranched alkanes of at least 4 members (excludes halogenated alkanes) is 1. The summed E-state index contributed by atoms with van der Waals surface area (Å²) in [4.78, 5) is 50.3. The first-order valence-electron chi connectivity index (χ1n) is 12.4. The van der Waals surface area contributed by atoms with E-state index in [1.165, 1.54) is 19.1 Å². The van der Waals surface area contributed by atoms with Crippen molar-refractivity contribution in [3.63, 3.8) is 0 Å². The van der Waals surface area contributed by atoms with Crippen molar-refractivity contribution in [1.82, 2.24) is 16.0 Å². The summed E-state index contributed by atoms with van der Waals surface area (Å²) in [5.41, 5.74) is 12.1. The molecule has 1 aromatic rings. The summed E-state index contributed by atoms with van der Waals surface area (Å²) in [5, 5.41) is 36.1. The predicted octanol–water partition coefficient (Wildman–Crippen LogP) is -0.643. The molecule has 0 fully saturated rings. The summed E-state index contributed by atoms with van der Waals surface area (Å²) in [6, 6.07) is 1.45. The minimum absolute atomic E-state index is 0.0375. The first-order valence-corrected chi connectivity index (χ1v) is 12.4. The lowest BCUT2D eigenvalue weighted by molar-refractivity contribution is -0.145. The van der Waals surface area contributed by atoms with Crippen molar-refractivity contribution in [1.29, 1.82) is 0 Å². The van der Waals surface area contributed by atoms with Gasteiger partial charge in [-0.1, -0.05) is 32.4 Å². The Hall–Kier alpha value is -3.22. The average Bonchev–Trinajstić information content (AvgIpc) is 2.82. The van der Waals surface area contributed by atoms with Crippen molar-refractivity contribution in [2.45, 2.75) is 83.1 Å². The number of nitrogens with one attached hydrogen (secondary N) is 3. The SMILES string of the molecule is CC(C)CC(NC(=O)C(Cc1ccc(O)cc1)NC(=O)C(N)CCCCN)C(=O)NC(C(=O)O)C(C)O. The van der Waals surface area contributed by atoms with E-state index in [2.05, 4.69) is 16.0 Å². The number of carbonyl (C=O) groups excluding carboxylic acids is 3. The van der Waals surface area contributed by atoms with Crippen LogP contribution in [0.15, 0.2) is 24.3 Å². The molecule has 0 aliphatic carbocycles. The van der Waals surface area contributed by atoms with Gasteiger partial charge in [0.1, 0.15) is 17.8 Å². The Morgan fingerprint density at radius 1 is 0.892 bits per heavy atom. The summed E-state index contributed by atoms with van der Waals surface area (Å²) in [6.45, 7) is 5.35. The van der Waals surface area contributed by atoms with Crippen LogP contribution in [0.25, 0.3) is 0 Å². The first kappa shape index (κ1) is 31.8. The number of benzene rings is 1.